The Bertz CT molecular complexity index is 721. The standard InChI is InChI=1S/C12HO2P.C5H12O2P/c1-2-3-4-5-6-7-8-9-10-11-12-14-15-13;1-3-4-5-7-8(2)6/h1H;3-5H2,1-2H3/q;+1. The highest BCUT2D eigenvalue weighted by Crippen LogP contribution is 2.14. The highest BCUT2D eigenvalue weighted by atomic mass is 31.1. The van der Waals surface area contributed by atoms with Crippen LogP contribution in [0.15, 0.2) is 0 Å². The molecule has 0 aromatic rings. The van der Waals surface area contributed by atoms with E-state index in [9.17, 15) is 9.13 Å². The Hall–Kier alpha value is -2.68. The first-order chi connectivity index (χ1) is 11.2. The van der Waals surface area contributed by atoms with Gasteiger partial charge in [-0.1, -0.05) is 13.3 Å². The van der Waals surface area contributed by atoms with E-state index in [4.69, 9.17) is 10.9 Å². The van der Waals surface area contributed by atoms with Crippen molar-refractivity contribution in [3.05, 3.63) is 0 Å². The van der Waals surface area contributed by atoms with E-state index in [0.717, 1.165) is 12.8 Å². The smallest absolute Gasteiger partial charge is 0.352 e. The molecule has 0 spiro atoms. The predicted molar refractivity (Wildman–Crippen MR) is 90.8 cm³/mol. The Balaban J connectivity index is 0. The summed E-state index contributed by atoms with van der Waals surface area (Å²) in [6, 6.07) is 0. The lowest BCUT2D eigenvalue weighted by Crippen LogP contribution is -1.82. The molecule has 4 nitrogen and oxygen atoms in total. The zero-order valence-corrected chi connectivity index (χ0v) is 14.5. The van der Waals surface area contributed by atoms with E-state index < -0.39 is 16.7 Å². The lowest BCUT2D eigenvalue weighted by molar-refractivity contribution is 0.324. The molecule has 0 bridgehead atoms. The molecule has 0 aromatic heterocycles. The molecular weight excluding hydrogens is 330 g/mol. The summed E-state index contributed by atoms with van der Waals surface area (Å²) in [5.74, 6) is 23.3. The van der Waals surface area contributed by atoms with E-state index >= 15 is 0 Å². The first kappa shape index (κ1) is 22.6. The van der Waals surface area contributed by atoms with Crippen LogP contribution >= 0.6 is 16.7 Å². The summed E-state index contributed by atoms with van der Waals surface area (Å²) in [6.45, 7) is 4.29. The molecule has 0 amide bonds. The summed E-state index contributed by atoms with van der Waals surface area (Å²) >= 11 is 0. The fourth-order valence-corrected chi connectivity index (χ4v) is 1.13. The molecule has 0 aliphatic rings. The largest absolute Gasteiger partial charge is 0.504 e. The topological polar surface area (TPSA) is 52.6 Å². The van der Waals surface area contributed by atoms with Gasteiger partial charge in [0.1, 0.15) is 12.7 Å². The van der Waals surface area contributed by atoms with Crippen LogP contribution in [-0.4, -0.2) is 13.3 Å². The maximum Gasteiger partial charge on any atom is 0.504 e. The molecule has 0 heterocycles. The molecule has 0 saturated heterocycles. The molecule has 0 aromatic carbocycles. The van der Waals surface area contributed by atoms with Crippen molar-refractivity contribution in [3.63, 3.8) is 0 Å². The van der Waals surface area contributed by atoms with Gasteiger partial charge in [0.25, 0.3) is 0 Å². The molecule has 0 fully saturated rings. The van der Waals surface area contributed by atoms with Crippen LogP contribution in [-0.2, 0) is 18.2 Å². The minimum Gasteiger partial charge on any atom is -0.352 e. The Morgan fingerprint density at radius 2 is 1.52 bits per heavy atom. The minimum absolute atomic E-state index is 0.506. The second-order valence-corrected chi connectivity index (χ2v) is 4.63. The average Bonchev–Trinajstić information content (AvgIpc) is 2.53. The van der Waals surface area contributed by atoms with Crippen molar-refractivity contribution in [1.29, 1.82) is 0 Å². The lowest BCUT2D eigenvalue weighted by atomic mass is 10.4. The molecule has 1 unspecified atom stereocenters. The SMILES string of the molecule is C#CC#CC#CC#CC#CC#COP=O.CCCCO[P+](C)=O. The molecule has 0 rings (SSSR count). The first-order valence-corrected chi connectivity index (χ1v) is 8.52. The van der Waals surface area contributed by atoms with Gasteiger partial charge in [0, 0.05) is 29.6 Å². The Morgan fingerprint density at radius 1 is 1.00 bits per heavy atom. The fraction of sp³-hybridized carbons (Fsp3) is 0.294. The molecule has 114 valence electrons. The molecule has 0 saturated carbocycles. The number of hydrogen-bond donors (Lipinski definition) is 0. The molecule has 0 aliphatic heterocycles. The van der Waals surface area contributed by atoms with Gasteiger partial charge in [0.05, 0.1) is 0 Å². The summed E-state index contributed by atoms with van der Waals surface area (Å²) in [4.78, 5) is 0. The normalized spacial score (nSPS) is 7.09. The van der Waals surface area contributed by atoms with Gasteiger partial charge < -0.3 is 4.52 Å². The molecule has 23 heavy (non-hydrogen) atoms. The van der Waals surface area contributed by atoms with E-state index in [-0.39, 0.29) is 0 Å². The molecule has 6 heteroatoms. The predicted octanol–water partition coefficient (Wildman–Crippen LogP) is 2.99. The maximum atomic E-state index is 10.2. The van der Waals surface area contributed by atoms with Crippen molar-refractivity contribution < 1.29 is 18.2 Å². The maximum absolute atomic E-state index is 10.2. The fourth-order valence-electron chi connectivity index (χ4n) is 0.659. The number of terminal acetylenes is 1. The van der Waals surface area contributed by atoms with E-state index in [1.54, 1.807) is 6.66 Å². The van der Waals surface area contributed by atoms with Crippen molar-refractivity contribution in [2.24, 2.45) is 0 Å². The van der Waals surface area contributed by atoms with Gasteiger partial charge in [-0.15, -0.1) is 10.9 Å². The van der Waals surface area contributed by atoms with Gasteiger partial charge in [0.15, 0.2) is 6.66 Å². The van der Waals surface area contributed by atoms with Crippen molar-refractivity contribution in [2.45, 2.75) is 19.8 Å². The van der Waals surface area contributed by atoms with Crippen molar-refractivity contribution >= 4 is 16.7 Å². The van der Waals surface area contributed by atoms with E-state index in [0.29, 0.717) is 6.61 Å². The van der Waals surface area contributed by atoms with Crippen LogP contribution < -0.4 is 0 Å². The summed E-state index contributed by atoms with van der Waals surface area (Å²) in [5, 5.41) is 0. The third-order valence-electron chi connectivity index (χ3n) is 1.48. The van der Waals surface area contributed by atoms with Gasteiger partial charge in [-0.2, -0.15) is 0 Å². The zero-order chi connectivity index (χ0) is 17.6. The molecule has 0 aliphatic carbocycles. The third-order valence-corrected chi connectivity index (χ3v) is 2.19. The van der Waals surface area contributed by atoms with Crippen LogP contribution in [0.5, 0.6) is 0 Å². The first-order valence-electron chi connectivity index (χ1n) is 6.17. The molecular formula is C17H13O4P2+. The van der Waals surface area contributed by atoms with E-state index in [2.05, 4.69) is 76.8 Å². The second-order valence-electron chi connectivity index (χ2n) is 3.16. The number of unbranched alkanes of at least 4 members (excludes halogenated alkanes) is 1. The zero-order valence-electron chi connectivity index (χ0n) is 12.7. The summed E-state index contributed by atoms with van der Waals surface area (Å²) in [7, 11) is -1.87. The summed E-state index contributed by atoms with van der Waals surface area (Å²) < 4.78 is 28.9. The van der Waals surface area contributed by atoms with Gasteiger partial charge in [-0.05, 0) is 40.6 Å². The Kier molecular flexibility index (Phi) is 21.2. The Morgan fingerprint density at radius 3 is 1.96 bits per heavy atom. The van der Waals surface area contributed by atoms with Crippen LogP contribution in [0.4, 0.5) is 0 Å². The van der Waals surface area contributed by atoms with Gasteiger partial charge in [0.2, 0.25) is 0 Å². The average molecular weight is 343 g/mol. The van der Waals surface area contributed by atoms with Gasteiger partial charge >= 0.3 is 16.7 Å². The second kappa shape index (κ2) is 21.6. The van der Waals surface area contributed by atoms with Crippen LogP contribution in [0.25, 0.3) is 0 Å². The molecule has 1 atom stereocenters. The van der Waals surface area contributed by atoms with Crippen LogP contribution in [0.1, 0.15) is 19.8 Å². The summed E-state index contributed by atoms with van der Waals surface area (Å²) in [6.07, 6.45) is 9.02. The van der Waals surface area contributed by atoms with Crippen molar-refractivity contribution in [1.82, 2.24) is 0 Å². The molecule has 0 N–H and O–H groups in total. The van der Waals surface area contributed by atoms with E-state index in [1.807, 2.05) is 0 Å². The highest BCUT2D eigenvalue weighted by Gasteiger charge is 2.03. The quantitative estimate of drug-likeness (QED) is 0.437. The number of rotatable bonds is 5. The third kappa shape index (κ3) is 28.3. The highest BCUT2D eigenvalue weighted by molar-refractivity contribution is 7.38. The molecule has 0 radical (unpaired) electrons. The number of hydrogen-bond acceptors (Lipinski definition) is 4. The summed E-state index contributed by atoms with van der Waals surface area (Å²) in [5.41, 5.74) is 0. The minimum atomic E-state index is -1.36. The van der Waals surface area contributed by atoms with Crippen molar-refractivity contribution in [3.8, 4) is 71.7 Å². The van der Waals surface area contributed by atoms with Crippen molar-refractivity contribution in [2.75, 3.05) is 13.3 Å². The van der Waals surface area contributed by atoms with Crippen LogP contribution in [0.3, 0.4) is 0 Å². The van der Waals surface area contributed by atoms with Gasteiger partial charge in [-0.25, -0.2) is 4.57 Å². The van der Waals surface area contributed by atoms with E-state index in [1.165, 1.54) is 0 Å². The Labute approximate surface area is 140 Å². The van der Waals surface area contributed by atoms with Crippen LogP contribution in [0, 0.1) is 71.7 Å². The monoisotopic (exact) mass is 343 g/mol. The lowest BCUT2D eigenvalue weighted by Gasteiger charge is -1.84. The van der Waals surface area contributed by atoms with Gasteiger partial charge in [-0.3, -0.25) is 0 Å². The van der Waals surface area contributed by atoms with Crippen LogP contribution in [0.2, 0.25) is 0 Å².